The molecule has 0 aliphatic heterocycles. The van der Waals surface area contributed by atoms with Gasteiger partial charge in [0, 0.05) is 36.4 Å². The number of nitrogens with zero attached hydrogens (tertiary/aromatic N) is 5. The van der Waals surface area contributed by atoms with E-state index in [1.165, 1.54) is 28.4 Å². The van der Waals surface area contributed by atoms with E-state index >= 15 is 0 Å². The zero-order chi connectivity index (χ0) is 22.9. The molecule has 2 heterocycles. The van der Waals surface area contributed by atoms with Crippen molar-refractivity contribution >= 4 is 29.0 Å². The first-order chi connectivity index (χ1) is 16.0. The predicted octanol–water partition coefficient (Wildman–Crippen LogP) is 4.25. The normalized spacial score (nSPS) is 15.4. The third kappa shape index (κ3) is 4.17. The molecule has 10 heteroatoms. The maximum absolute atomic E-state index is 12.9. The summed E-state index contributed by atoms with van der Waals surface area (Å²) in [6, 6.07) is 14.2. The van der Waals surface area contributed by atoms with Gasteiger partial charge in [-0.1, -0.05) is 42.1 Å². The van der Waals surface area contributed by atoms with Gasteiger partial charge < -0.3 is 4.74 Å². The third-order valence-corrected chi connectivity index (χ3v) is 6.54. The number of benzene rings is 2. The van der Waals surface area contributed by atoms with E-state index in [2.05, 4.69) is 15.1 Å². The lowest BCUT2D eigenvalue weighted by Gasteiger charge is -2.24. The number of para-hydroxylation sites is 1. The van der Waals surface area contributed by atoms with Gasteiger partial charge in [-0.2, -0.15) is 4.98 Å². The second-order valence-corrected chi connectivity index (χ2v) is 8.67. The second-order valence-electron chi connectivity index (χ2n) is 7.73. The molecule has 0 fully saturated rings. The van der Waals surface area contributed by atoms with Crippen LogP contribution in [0.5, 0.6) is 5.75 Å². The lowest BCUT2D eigenvalue weighted by Crippen LogP contribution is -2.21. The predicted molar refractivity (Wildman–Crippen MR) is 122 cm³/mol. The number of Topliss-reactive ketones (excluding diaryl/α,β-unsaturated/α-hetero) is 1. The molecule has 0 bridgehead atoms. The molecule has 0 radical (unpaired) electrons. The molecule has 4 aromatic rings. The Kier molecular flexibility index (Phi) is 5.51. The SMILES string of the molecule is COc1ccccc1C1CC(=O)c2cn3nc(SCc4cccc([N+](=O)[O-])c4)nc3nc2C1. The molecular weight excluding hydrogens is 442 g/mol. The molecule has 1 atom stereocenters. The van der Waals surface area contributed by atoms with E-state index in [1.54, 1.807) is 19.4 Å². The third-order valence-electron chi connectivity index (χ3n) is 5.63. The average molecular weight is 462 g/mol. The van der Waals surface area contributed by atoms with E-state index in [4.69, 9.17) is 4.74 Å². The number of thioether (sulfide) groups is 1. The van der Waals surface area contributed by atoms with Gasteiger partial charge in [-0.25, -0.2) is 9.50 Å². The van der Waals surface area contributed by atoms with Crippen molar-refractivity contribution < 1.29 is 14.5 Å². The highest BCUT2D eigenvalue weighted by Gasteiger charge is 2.30. The number of rotatable bonds is 6. The minimum Gasteiger partial charge on any atom is -0.496 e. The van der Waals surface area contributed by atoms with Crippen molar-refractivity contribution in [1.82, 2.24) is 19.6 Å². The van der Waals surface area contributed by atoms with Crippen LogP contribution >= 0.6 is 11.8 Å². The molecule has 9 nitrogen and oxygen atoms in total. The highest BCUT2D eigenvalue weighted by Crippen LogP contribution is 2.36. The van der Waals surface area contributed by atoms with Crippen molar-refractivity contribution in [1.29, 1.82) is 0 Å². The van der Waals surface area contributed by atoms with Crippen LogP contribution in [0, 0.1) is 10.1 Å². The van der Waals surface area contributed by atoms with Gasteiger partial charge in [-0.15, -0.1) is 5.10 Å². The minimum atomic E-state index is -0.416. The number of non-ortho nitro benzene ring substituents is 1. The number of carbonyl (C=O) groups is 1. The standard InChI is InChI=1S/C23H19N5O4S/c1-32-21-8-3-2-7-17(21)15-10-19-18(20(29)11-15)12-27-22(24-19)25-23(26-27)33-13-14-5-4-6-16(9-14)28(30)31/h2-9,12,15H,10-11,13H2,1H3. The molecular formula is C23H19N5O4S. The summed E-state index contributed by atoms with van der Waals surface area (Å²) in [6.45, 7) is 0. The summed E-state index contributed by atoms with van der Waals surface area (Å²) >= 11 is 1.36. The number of methoxy groups -OCH3 is 1. The van der Waals surface area contributed by atoms with Crippen molar-refractivity contribution in [3.63, 3.8) is 0 Å². The number of ketones is 1. The Morgan fingerprint density at radius 1 is 1.18 bits per heavy atom. The molecule has 1 unspecified atom stereocenters. The molecule has 166 valence electrons. The maximum Gasteiger partial charge on any atom is 0.269 e. The first-order valence-corrected chi connectivity index (χ1v) is 11.3. The van der Waals surface area contributed by atoms with Crippen molar-refractivity contribution in [2.24, 2.45) is 0 Å². The Bertz CT molecular complexity index is 1390. The number of carbonyl (C=O) groups excluding carboxylic acids is 1. The van der Waals surface area contributed by atoms with E-state index in [1.807, 2.05) is 30.3 Å². The molecule has 0 N–H and O–H groups in total. The molecule has 33 heavy (non-hydrogen) atoms. The molecule has 2 aromatic carbocycles. The van der Waals surface area contributed by atoms with Gasteiger partial charge in [0.1, 0.15) is 5.75 Å². The van der Waals surface area contributed by atoms with Gasteiger partial charge >= 0.3 is 0 Å². The number of ether oxygens (including phenoxy) is 1. The summed E-state index contributed by atoms with van der Waals surface area (Å²) in [7, 11) is 1.63. The highest BCUT2D eigenvalue weighted by atomic mass is 32.2. The Hall–Kier alpha value is -3.79. The Labute approximate surface area is 193 Å². The van der Waals surface area contributed by atoms with Gasteiger partial charge in [0.15, 0.2) is 5.78 Å². The highest BCUT2D eigenvalue weighted by molar-refractivity contribution is 7.98. The largest absolute Gasteiger partial charge is 0.496 e. The summed E-state index contributed by atoms with van der Waals surface area (Å²) < 4.78 is 7.00. The van der Waals surface area contributed by atoms with E-state index in [0.717, 1.165) is 16.9 Å². The van der Waals surface area contributed by atoms with E-state index in [9.17, 15) is 14.9 Å². The molecule has 1 aliphatic rings. The van der Waals surface area contributed by atoms with Crippen molar-refractivity contribution in [2.45, 2.75) is 29.7 Å². The van der Waals surface area contributed by atoms with Crippen LogP contribution in [0.2, 0.25) is 0 Å². The fourth-order valence-electron chi connectivity index (χ4n) is 4.06. The van der Waals surface area contributed by atoms with Crippen LogP contribution < -0.4 is 4.74 Å². The van der Waals surface area contributed by atoms with E-state index in [-0.39, 0.29) is 17.4 Å². The molecule has 0 amide bonds. The van der Waals surface area contributed by atoms with Crippen LogP contribution in [0.25, 0.3) is 5.78 Å². The number of aromatic nitrogens is 4. The summed E-state index contributed by atoms with van der Waals surface area (Å²) in [4.78, 5) is 32.6. The van der Waals surface area contributed by atoms with Gasteiger partial charge in [0.05, 0.1) is 23.3 Å². The Morgan fingerprint density at radius 2 is 2.03 bits per heavy atom. The number of hydrogen-bond donors (Lipinski definition) is 0. The van der Waals surface area contributed by atoms with Crippen LogP contribution in [0.15, 0.2) is 59.9 Å². The molecule has 0 saturated heterocycles. The smallest absolute Gasteiger partial charge is 0.269 e. The van der Waals surface area contributed by atoms with Gasteiger partial charge in [-0.05, 0) is 23.6 Å². The van der Waals surface area contributed by atoms with Gasteiger partial charge in [0.2, 0.25) is 5.16 Å². The number of hydrogen-bond acceptors (Lipinski definition) is 8. The molecule has 1 aliphatic carbocycles. The lowest BCUT2D eigenvalue weighted by molar-refractivity contribution is -0.384. The quantitative estimate of drug-likeness (QED) is 0.238. The number of fused-ring (bicyclic) bond motifs is 2. The average Bonchev–Trinajstić information content (AvgIpc) is 3.23. The molecule has 5 rings (SSSR count). The van der Waals surface area contributed by atoms with Crippen LogP contribution in [0.4, 0.5) is 5.69 Å². The fourth-order valence-corrected chi connectivity index (χ4v) is 4.82. The van der Waals surface area contributed by atoms with Crippen LogP contribution in [0.1, 0.15) is 39.5 Å². The zero-order valence-electron chi connectivity index (χ0n) is 17.7. The van der Waals surface area contributed by atoms with E-state index < -0.39 is 4.92 Å². The molecule has 0 saturated carbocycles. The second kappa shape index (κ2) is 8.62. The lowest BCUT2D eigenvalue weighted by atomic mass is 9.82. The maximum atomic E-state index is 12.9. The number of nitro groups is 1. The molecule has 0 spiro atoms. The summed E-state index contributed by atoms with van der Waals surface area (Å²) in [5, 5.41) is 15.9. The summed E-state index contributed by atoms with van der Waals surface area (Å²) in [5.41, 5.74) is 3.12. The topological polar surface area (TPSA) is 113 Å². The van der Waals surface area contributed by atoms with Crippen LogP contribution in [0.3, 0.4) is 0 Å². The Morgan fingerprint density at radius 3 is 2.85 bits per heavy atom. The zero-order valence-corrected chi connectivity index (χ0v) is 18.5. The Balaban J connectivity index is 1.39. The summed E-state index contributed by atoms with van der Waals surface area (Å²) in [5.74, 6) is 1.67. The van der Waals surface area contributed by atoms with Crippen LogP contribution in [-0.4, -0.2) is 37.4 Å². The minimum absolute atomic E-state index is 0.0123. The summed E-state index contributed by atoms with van der Waals surface area (Å²) in [6.07, 6.45) is 2.69. The van der Waals surface area contributed by atoms with Crippen molar-refractivity contribution in [2.75, 3.05) is 7.11 Å². The number of nitro benzene ring substituents is 1. The van der Waals surface area contributed by atoms with Gasteiger partial charge in [0.25, 0.3) is 11.5 Å². The monoisotopic (exact) mass is 461 g/mol. The first-order valence-electron chi connectivity index (χ1n) is 10.3. The first kappa shape index (κ1) is 21.1. The van der Waals surface area contributed by atoms with E-state index in [0.29, 0.717) is 40.8 Å². The van der Waals surface area contributed by atoms with Gasteiger partial charge in [-0.3, -0.25) is 14.9 Å². The van der Waals surface area contributed by atoms with Crippen LogP contribution in [-0.2, 0) is 12.2 Å². The van der Waals surface area contributed by atoms with Crippen molar-refractivity contribution in [3.8, 4) is 5.75 Å². The molecule has 2 aromatic heterocycles. The van der Waals surface area contributed by atoms with Crippen molar-refractivity contribution in [3.05, 3.63) is 87.2 Å². The fraction of sp³-hybridized carbons (Fsp3) is 0.217.